The Kier molecular flexibility index (Phi) is 3.35. The first-order valence-corrected chi connectivity index (χ1v) is 8.23. The van der Waals surface area contributed by atoms with Crippen LogP contribution in [0, 0.1) is 0 Å². The van der Waals surface area contributed by atoms with Gasteiger partial charge in [0.1, 0.15) is 4.90 Å². The molecule has 4 N–H and O–H groups in total. The van der Waals surface area contributed by atoms with Crippen LogP contribution in [0.2, 0.25) is 0 Å². The number of sulfonamides is 1. The van der Waals surface area contributed by atoms with Crippen LogP contribution in [0.1, 0.15) is 19.3 Å². The quantitative estimate of drug-likeness (QED) is 0.718. The van der Waals surface area contributed by atoms with Crippen molar-refractivity contribution < 1.29 is 13.2 Å². The Labute approximate surface area is 118 Å². The molecule has 2 aliphatic rings. The molecule has 3 unspecified atom stereocenters. The third kappa shape index (κ3) is 2.36. The predicted molar refractivity (Wildman–Crippen MR) is 77.0 cm³/mol. The van der Waals surface area contributed by atoms with Gasteiger partial charge in [0, 0.05) is 5.69 Å². The zero-order chi connectivity index (χ0) is 14.3. The molecule has 7 heteroatoms. The fraction of sp³-hybridized carbons (Fsp3) is 0.538. The average Bonchev–Trinajstić information content (AvgIpc) is 3.01. The molecule has 0 saturated carbocycles. The van der Waals surface area contributed by atoms with Crippen molar-refractivity contribution >= 4 is 21.4 Å². The van der Waals surface area contributed by atoms with Crippen molar-refractivity contribution in [1.29, 1.82) is 0 Å². The highest BCUT2D eigenvalue weighted by Crippen LogP contribution is 2.36. The largest absolute Gasteiger partial charge is 0.398 e. The minimum Gasteiger partial charge on any atom is -0.398 e. The van der Waals surface area contributed by atoms with Gasteiger partial charge in [0.15, 0.2) is 0 Å². The van der Waals surface area contributed by atoms with Gasteiger partial charge >= 0.3 is 0 Å². The van der Waals surface area contributed by atoms with Crippen molar-refractivity contribution in [2.24, 2.45) is 0 Å². The summed E-state index contributed by atoms with van der Waals surface area (Å²) in [4.78, 5) is 0.106. The van der Waals surface area contributed by atoms with E-state index in [4.69, 9.17) is 10.5 Å². The van der Waals surface area contributed by atoms with E-state index in [0.29, 0.717) is 12.1 Å². The Balaban J connectivity index is 1.77. The molecule has 2 fully saturated rings. The minimum absolute atomic E-state index is 0.106. The van der Waals surface area contributed by atoms with Gasteiger partial charge in [-0.25, -0.2) is 13.1 Å². The van der Waals surface area contributed by atoms with Gasteiger partial charge in [0.25, 0.3) is 0 Å². The molecule has 1 aromatic carbocycles. The Morgan fingerprint density at radius 3 is 2.70 bits per heavy atom. The summed E-state index contributed by atoms with van der Waals surface area (Å²) in [6, 6.07) is 5.22. The van der Waals surface area contributed by atoms with Crippen LogP contribution in [-0.4, -0.2) is 33.7 Å². The van der Waals surface area contributed by atoms with Crippen LogP contribution in [-0.2, 0) is 14.8 Å². The predicted octanol–water partition coefficient (Wildman–Crippen LogP) is 0.909. The molecule has 3 rings (SSSR count). The molecule has 0 aliphatic carbocycles. The van der Waals surface area contributed by atoms with Gasteiger partial charge in [0.2, 0.25) is 10.0 Å². The standard InChI is InChI=1S/C13H19N3O3S/c1-15-20(17,18)13-5-2-8(6-10(13)14)16-11-7-9-3-4-12(11)19-9/h2,5-6,9,11-12,15-16H,3-4,7,14H2,1H3. The Morgan fingerprint density at radius 2 is 2.15 bits per heavy atom. The monoisotopic (exact) mass is 297 g/mol. The lowest BCUT2D eigenvalue weighted by molar-refractivity contribution is 0.102. The van der Waals surface area contributed by atoms with Crippen molar-refractivity contribution in [2.75, 3.05) is 18.1 Å². The molecule has 0 aromatic heterocycles. The normalized spacial score (nSPS) is 28.8. The van der Waals surface area contributed by atoms with E-state index >= 15 is 0 Å². The van der Waals surface area contributed by atoms with E-state index in [0.717, 1.165) is 24.9 Å². The van der Waals surface area contributed by atoms with E-state index in [9.17, 15) is 8.42 Å². The molecule has 2 heterocycles. The van der Waals surface area contributed by atoms with Crippen molar-refractivity contribution in [3.63, 3.8) is 0 Å². The topological polar surface area (TPSA) is 93.5 Å². The number of ether oxygens (including phenoxy) is 1. The summed E-state index contributed by atoms with van der Waals surface area (Å²) >= 11 is 0. The Bertz CT molecular complexity index is 617. The molecule has 0 amide bonds. The highest BCUT2D eigenvalue weighted by Gasteiger charge is 2.40. The summed E-state index contributed by atoms with van der Waals surface area (Å²) < 4.78 is 31.5. The van der Waals surface area contributed by atoms with Gasteiger partial charge in [-0.1, -0.05) is 0 Å². The zero-order valence-electron chi connectivity index (χ0n) is 11.3. The molecule has 2 aliphatic heterocycles. The van der Waals surface area contributed by atoms with Gasteiger partial charge in [0.05, 0.1) is 23.9 Å². The number of anilines is 2. The number of fused-ring (bicyclic) bond motifs is 2. The van der Waals surface area contributed by atoms with Crippen LogP contribution < -0.4 is 15.8 Å². The maximum absolute atomic E-state index is 11.8. The summed E-state index contributed by atoms with van der Waals surface area (Å²) in [7, 11) is -2.14. The van der Waals surface area contributed by atoms with Gasteiger partial charge in [-0.2, -0.15) is 0 Å². The van der Waals surface area contributed by atoms with Crippen molar-refractivity contribution in [3.05, 3.63) is 18.2 Å². The van der Waals surface area contributed by atoms with Gasteiger partial charge in [-0.05, 0) is 44.5 Å². The first kappa shape index (κ1) is 13.7. The number of rotatable bonds is 4. The van der Waals surface area contributed by atoms with Crippen molar-refractivity contribution in [2.45, 2.75) is 42.4 Å². The van der Waals surface area contributed by atoms with E-state index in [1.807, 2.05) is 0 Å². The van der Waals surface area contributed by atoms with E-state index < -0.39 is 10.0 Å². The minimum atomic E-state index is -3.51. The molecule has 20 heavy (non-hydrogen) atoms. The molecule has 2 saturated heterocycles. The zero-order valence-corrected chi connectivity index (χ0v) is 12.1. The summed E-state index contributed by atoms with van der Waals surface area (Å²) in [6.07, 6.45) is 3.87. The maximum atomic E-state index is 11.8. The molecule has 6 nitrogen and oxygen atoms in total. The molecule has 2 bridgehead atoms. The van der Waals surface area contributed by atoms with E-state index in [1.165, 1.54) is 13.1 Å². The molecule has 3 atom stereocenters. The Hall–Kier alpha value is -1.31. The number of benzene rings is 1. The lowest BCUT2D eigenvalue weighted by atomic mass is 9.95. The van der Waals surface area contributed by atoms with Gasteiger partial charge < -0.3 is 15.8 Å². The fourth-order valence-corrected chi connectivity index (χ4v) is 3.83. The SMILES string of the molecule is CNS(=O)(=O)c1ccc(NC2CC3CCC2O3)cc1N. The second kappa shape index (κ2) is 4.91. The maximum Gasteiger partial charge on any atom is 0.242 e. The highest BCUT2D eigenvalue weighted by molar-refractivity contribution is 7.89. The van der Waals surface area contributed by atoms with Crippen LogP contribution in [0.5, 0.6) is 0 Å². The van der Waals surface area contributed by atoms with Crippen molar-refractivity contribution in [1.82, 2.24) is 4.72 Å². The summed E-state index contributed by atoms with van der Waals surface area (Å²) in [5.41, 5.74) is 6.92. The molecular formula is C13H19N3O3S. The summed E-state index contributed by atoms with van der Waals surface area (Å²) in [5.74, 6) is 0. The molecule has 0 radical (unpaired) electrons. The molecular weight excluding hydrogens is 278 g/mol. The second-order valence-electron chi connectivity index (χ2n) is 5.32. The third-order valence-electron chi connectivity index (χ3n) is 4.03. The number of nitrogens with one attached hydrogen (secondary N) is 2. The third-order valence-corrected chi connectivity index (χ3v) is 5.51. The smallest absolute Gasteiger partial charge is 0.242 e. The van der Waals surface area contributed by atoms with Gasteiger partial charge in [-0.15, -0.1) is 0 Å². The van der Waals surface area contributed by atoms with Crippen molar-refractivity contribution in [3.8, 4) is 0 Å². The number of nitrogen functional groups attached to an aromatic ring is 1. The average molecular weight is 297 g/mol. The lowest BCUT2D eigenvalue weighted by Crippen LogP contribution is -2.30. The highest BCUT2D eigenvalue weighted by atomic mass is 32.2. The van der Waals surface area contributed by atoms with Crippen LogP contribution in [0.25, 0.3) is 0 Å². The first-order chi connectivity index (χ1) is 9.49. The number of nitrogens with two attached hydrogens (primary N) is 1. The van der Waals surface area contributed by atoms with Crippen LogP contribution >= 0.6 is 0 Å². The van der Waals surface area contributed by atoms with E-state index in [2.05, 4.69) is 10.0 Å². The van der Waals surface area contributed by atoms with E-state index in [-0.39, 0.29) is 16.7 Å². The van der Waals surface area contributed by atoms with Gasteiger partial charge in [-0.3, -0.25) is 0 Å². The first-order valence-electron chi connectivity index (χ1n) is 6.74. The summed E-state index contributed by atoms with van der Waals surface area (Å²) in [6.45, 7) is 0. The summed E-state index contributed by atoms with van der Waals surface area (Å²) in [5, 5.41) is 3.39. The molecule has 110 valence electrons. The number of hydrogen-bond acceptors (Lipinski definition) is 5. The van der Waals surface area contributed by atoms with Crippen LogP contribution in [0.15, 0.2) is 23.1 Å². The molecule has 0 spiro atoms. The van der Waals surface area contributed by atoms with E-state index in [1.54, 1.807) is 12.1 Å². The second-order valence-corrected chi connectivity index (χ2v) is 7.18. The van der Waals surface area contributed by atoms with Crippen LogP contribution in [0.3, 0.4) is 0 Å². The fourth-order valence-electron chi connectivity index (χ4n) is 3.00. The van der Waals surface area contributed by atoms with Crippen LogP contribution in [0.4, 0.5) is 11.4 Å². The molecule has 1 aromatic rings. The Morgan fingerprint density at radius 1 is 1.35 bits per heavy atom. The number of hydrogen-bond donors (Lipinski definition) is 3. The lowest BCUT2D eigenvalue weighted by Gasteiger charge is -2.21.